The van der Waals surface area contributed by atoms with E-state index in [-0.39, 0.29) is 25.6 Å². The molecule has 0 aromatic carbocycles. The molecule has 0 spiro atoms. The number of esters is 2. The van der Waals surface area contributed by atoms with Crippen molar-refractivity contribution in [2.45, 2.75) is 193 Å². The summed E-state index contributed by atoms with van der Waals surface area (Å²) in [7, 11) is 1.48. The third-order valence-electron chi connectivity index (χ3n) is 9.05. The number of unbranched alkanes of at least 4 members (excludes halogenated alkanes) is 22. The Kier molecular flexibility index (Phi) is 33.7. The van der Waals surface area contributed by atoms with Crippen molar-refractivity contribution in [1.29, 1.82) is 0 Å². The van der Waals surface area contributed by atoms with Gasteiger partial charge in [0.05, 0.1) is 27.7 Å². The number of hydrogen-bond acceptors (Lipinski definition) is 7. The second kappa shape index (κ2) is 34.5. The minimum absolute atomic E-state index is 0.0337. The first-order chi connectivity index (χ1) is 24.5. The molecule has 0 bridgehead atoms. The molecular weight excluding hydrogens is 665 g/mol. The van der Waals surface area contributed by atoms with E-state index in [1.165, 1.54) is 109 Å². The van der Waals surface area contributed by atoms with E-state index in [0.29, 0.717) is 23.9 Å². The second-order valence-corrected chi connectivity index (χ2v) is 16.8. The van der Waals surface area contributed by atoms with Gasteiger partial charge in [0, 0.05) is 12.8 Å². The van der Waals surface area contributed by atoms with E-state index < -0.39 is 26.5 Å². The highest BCUT2D eigenvalue weighted by molar-refractivity contribution is 7.47. The van der Waals surface area contributed by atoms with Gasteiger partial charge < -0.3 is 18.9 Å². The van der Waals surface area contributed by atoms with Crippen molar-refractivity contribution in [2.24, 2.45) is 0 Å². The molecule has 0 aliphatic heterocycles. The molecule has 0 aliphatic rings. The number of allylic oxidation sites excluding steroid dienone is 2. The van der Waals surface area contributed by atoms with Crippen LogP contribution in [-0.2, 0) is 32.7 Å². The highest BCUT2D eigenvalue weighted by Gasteiger charge is 2.27. The molecule has 0 aromatic heterocycles. The number of phosphoric ester groups is 1. The van der Waals surface area contributed by atoms with Crippen LogP contribution in [0.3, 0.4) is 0 Å². The van der Waals surface area contributed by atoms with E-state index >= 15 is 0 Å². The number of rotatable bonds is 38. The lowest BCUT2D eigenvalue weighted by molar-refractivity contribution is -0.870. The Hall–Kier alpha value is -1.25. The Morgan fingerprint density at radius 1 is 0.588 bits per heavy atom. The third kappa shape index (κ3) is 38.3. The molecule has 10 heteroatoms. The molecule has 0 aromatic rings. The van der Waals surface area contributed by atoms with Crippen molar-refractivity contribution in [1.82, 2.24) is 0 Å². The molecule has 0 amide bonds. The quantitative estimate of drug-likeness (QED) is 0.0219. The number of hydrogen-bond donors (Lipinski definition) is 1. The molecule has 9 nitrogen and oxygen atoms in total. The van der Waals surface area contributed by atoms with Crippen LogP contribution in [-0.4, -0.2) is 74.9 Å². The zero-order valence-electron chi connectivity index (χ0n) is 33.9. The largest absolute Gasteiger partial charge is 0.472 e. The minimum atomic E-state index is -4.36. The molecule has 0 heterocycles. The Morgan fingerprint density at radius 3 is 1.45 bits per heavy atom. The van der Waals surface area contributed by atoms with Gasteiger partial charge in [-0.25, -0.2) is 4.57 Å². The van der Waals surface area contributed by atoms with Gasteiger partial charge in [0.25, 0.3) is 0 Å². The van der Waals surface area contributed by atoms with Crippen LogP contribution in [0.1, 0.15) is 187 Å². The van der Waals surface area contributed by atoms with Crippen LogP contribution in [0.25, 0.3) is 0 Å². The molecule has 0 saturated carbocycles. The zero-order chi connectivity index (χ0) is 37.9. The van der Waals surface area contributed by atoms with Crippen molar-refractivity contribution in [3.8, 4) is 0 Å². The molecule has 0 fully saturated rings. The lowest BCUT2D eigenvalue weighted by Gasteiger charge is -2.24. The fraction of sp³-hybridized carbons (Fsp3) is 0.902. The van der Waals surface area contributed by atoms with Gasteiger partial charge in [-0.1, -0.05) is 148 Å². The van der Waals surface area contributed by atoms with E-state index in [4.69, 9.17) is 18.5 Å². The van der Waals surface area contributed by atoms with Crippen LogP contribution in [0, 0.1) is 0 Å². The maximum atomic E-state index is 12.6. The van der Waals surface area contributed by atoms with E-state index in [0.717, 1.165) is 44.9 Å². The van der Waals surface area contributed by atoms with Gasteiger partial charge in [-0.15, -0.1) is 0 Å². The van der Waals surface area contributed by atoms with E-state index in [1.807, 2.05) is 21.1 Å². The number of phosphoric acid groups is 1. The van der Waals surface area contributed by atoms with Gasteiger partial charge in [0.1, 0.15) is 19.8 Å². The summed E-state index contributed by atoms with van der Waals surface area (Å²) in [6, 6.07) is 0. The fourth-order valence-corrected chi connectivity index (χ4v) is 6.46. The summed E-state index contributed by atoms with van der Waals surface area (Å²) in [5.41, 5.74) is 0. The lowest BCUT2D eigenvalue weighted by Crippen LogP contribution is -2.37. The van der Waals surface area contributed by atoms with Crippen LogP contribution in [0.5, 0.6) is 0 Å². The van der Waals surface area contributed by atoms with Gasteiger partial charge >= 0.3 is 19.8 Å². The number of nitrogens with zero attached hydrogens (tertiary/aromatic N) is 1. The van der Waals surface area contributed by atoms with Crippen LogP contribution in [0.2, 0.25) is 0 Å². The summed E-state index contributed by atoms with van der Waals surface area (Å²) in [5, 5.41) is 0. The first-order valence-corrected chi connectivity index (χ1v) is 22.4. The predicted octanol–water partition coefficient (Wildman–Crippen LogP) is 11.4. The summed E-state index contributed by atoms with van der Waals surface area (Å²) >= 11 is 0. The van der Waals surface area contributed by atoms with Crippen molar-refractivity contribution >= 4 is 19.8 Å². The summed E-state index contributed by atoms with van der Waals surface area (Å²) in [6.45, 7) is 4.41. The highest BCUT2D eigenvalue weighted by atomic mass is 31.2. The SMILES string of the molecule is CCCCCCCC/C=C\CCCCCCCCCC(=O)OC(COC(=O)CCCCCCCCCCCC)COP(=O)(O)OCC[N+](C)(C)C. The van der Waals surface area contributed by atoms with Crippen molar-refractivity contribution < 1.29 is 42.1 Å². The van der Waals surface area contributed by atoms with Crippen molar-refractivity contribution in [3.05, 3.63) is 12.2 Å². The standard InChI is InChI=1S/C41H80NO8P/c1-6-8-10-12-14-16-18-19-20-21-22-23-24-26-28-30-32-34-41(44)50-39(38-49-51(45,46)48-36-35-42(3,4)5)37-47-40(43)33-31-29-27-25-17-15-13-11-9-7-2/h19-20,39H,6-18,21-38H2,1-5H3/p+1/b20-19-. The van der Waals surface area contributed by atoms with Crippen LogP contribution < -0.4 is 0 Å². The molecule has 2 unspecified atom stereocenters. The zero-order valence-corrected chi connectivity index (χ0v) is 34.7. The molecule has 1 N–H and O–H groups in total. The molecule has 302 valence electrons. The number of carbonyl (C=O) groups excluding carboxylic acids is 2. The number of likely N-dealkylation sites (N-methyl/N-ethyl adjacent to an activating group) is 1. The fourth-order valence-electron chi connectivity index (χ4n) is 5.71. The van der Waals surface area contributed by atoms with Crippen LogP contribution >= 0.6 is 7.82 Å². The lowest BCUT2D eigenvalue weighted by atomic mass is 10.1. The molecule has 0 radical (unpaired) electrons. The average Bonchev–Trinajstić information content (AvgIpc) is 3.07. The van der Waals surface area contributed by atoms with Crippen LogP contribution in [0.4, 0.5) is 0 Å². The normalized spacial score (nSPS) is 13.8. The van der Waals surface area contributed by atoms with Crippen molar-refractivity contribution in [3.63, 3.8) is 0 Å². The predicted molar refractivity (Wildman–Crippen MR) is 211 cm³/mol. The Balaban J connectivity index is 4.35. The topological polar surface area (TPSA) is 108 Å². The Morgan fingerprint density at radius 2 is 1.00 bits per heavy atom. The molecule has 51 heavy (non-hydrogen) atoms. The molecule has 0 rings (SSSR count). The summed E-state index contributed by atoms with van der Waals surface area (Å²) in [6.07, 6.45) is 34.0. The van der Waals surface area contributed by atoms with E-state index in [2.05, 4.69) is 26.0 Å². The first kappa shape index (κ1) is 49.8. The molecule has 2 atom stereocenters. The van der Waals surface area contributed by atoms with Gasteiger partial charge in [-0.2, -0.15) is 0 Å². The third-order valence-corrected chi connectivity index (χ3v) is 10.0. The number of carbonyl (C=O) groups is 2. The summed E-state index contributed by atoms with van der Waals surface area (Å²) in [4.78, 5) is 35.2. The number of ether oxygens (including phenoxy) is 2. The van der Waals surface area contributed by atoms with Gasteiger partial charge in [-0.3, -0.25) is 18.6 Å². The minimum Gasteiger partial charge on any atom is -0.462 e. The monoisotopic (exact) mass is 747 g/mol. The van der Waals surface area contributed by atoms with Gasteiger partial charge in [-0.05, 0) is 38.5 Å². The highest BCUT2D eigenvalue weighted by Crippen LogP contribution is 2.43. The average molecular weight is 747 g/mol. The first-order valence-electron chi connectivity index (χ1n) is 20.9. The van der Waals surface area contributed by atoms with Crippen molar-refractivity contribution in [2.75, 3.05) is 47.5 Å². The number of quaternary nitrogens is 1. The summed E-state index contributed by atoms with van der Waals surface area (Å²) in [5.74, 6) is -0.799. The summed E-state index contributed by atoms with van der Waals surface area (Å²) < 4.78 is 34.2. The Bertz CT molecular complexity index is 891. The molecule has 0 aliphatic carbocycles. The maximum absolute atomic E-state index is 12.6. The smallest absolute Gasteiger partial charge is 0.462 e. The van der Waals surface area contributed by atoms with E-state index in [9.17, 15) is 19.0 Å². The second-order valence-electron chi connectivity index (χ2n) is 15.4. The molecular formula is C41H81NO8P+. The van der Waals surface area contributed by atoms with Gasteiger partial charge in [0.15, 0.2) is 6.10 Å². The Labute approximate surface area is 314 Å². The molecule has 0 saturated heterocycles. The maximum Gasteiger partial charge on any atom is 0.472 e. The van der Waals surface area contributed by atoms with E-state index in [1.54, 1.807) is 0 Å². The van der Waals surface area contributed by atoms with Crippen LogP contribution in [0.15, 0.2) is 12.2 Å². The van der Waals surface area contributed by atoms with Gasteiger partial charge in [0.2, 0.25) is 0 Å².